The van der Waals surface area contributed by atoms with Crippen LogP contribution in [-0.2, 0) is 32.4 Å². The van der Waals surface area contributed by atoms with Crippen molar-refractivity contribution in [1.82, 2.24) is 0 Å². The molecule has 2 aromatic carbocycles. The molecule has 2 rings (SSSR count). The topological polar surface area (TPSA) is 69.5 Å². The molecule has 0 N–H and O–H groups in total. The van der Waals surface area contributed by atoms with Crippen LogP contribution in [0, 0.1) is 58.2 Å². The summed E-state index contributed by atoms with van der Waals surface area (Å²) in [6, 6.07) is 0. The Hall–Kier alpha value is -4.11. The van der Waals surface area contributed by atoms with Gasteiger partial charge in [-0.15, -0.1) is 0 Å². The van der Waals surface area contributed by atoms with Gasteiger partial charge in [0.25, 0.3) is 0 Å². The van der Waals surface area contributed by atoms with Crippen molar-refractivity contribution in [2.75, 3.05) is 7.11 Å². The molecule has 6 nitrogen and oxygen atoms in total. The van der Waals surface area contributed by atoms with Crippen molar-refractivity contribution < 1.29 is 63.1 Å². The molecule has 0 amide bonds. The monoisotopic (exact) mass is 630 g/mol. The minimum Gasteiger partial charge on any atom is -0.469 e. The van der Waals surface area contributed by atoms with E-state index in [9.17, 15) is 48.7 Å². The Morgan fingerprint density at radius 1 is 0.605 bits per heavy atom. The van der Waals surface area contributed by atoms with Gasteiger partial charge in [0, 0.05) is 6.42 Å². The summed E-state index contributed by atoms with van der Waals surface area (Å²) in [4.78, 5) is 20.5. The predicted octanol–water partition coefficient (Wildman–Crippen LogP) is 7.61. The van der Waals surface area contributed by atoms with Crippen molar-refractivity contribution in [3.63, 3.8) is 0 Å². The molecule has 0 radical (unpaired) electrons. The van der Waals surface area contributed by atoms with Crippen molar-refractivity contribution in [3.05, 3.63) is 81.5 Å². The number of ether oxygens (including phenoxy) is 1. The van der Waals surface area contributed by atoms with Crippen molar-refractivity contribution >= 4 is 17.9 Å². The lowest BCUT2D eigenvalue weighted by molar-refractivity contribution is -0.140. The van der Waals surface area contributed by atoms with E-state index < -0.39 is 82.5 Å². The van der Waals surface area contributed by atoms with E-state index in [0.717, 1.165) is 12.3 Å². The van der Waals surface area contributed by atoms with Crippen LogP contribution < -0.4 is 0 Å². The van der Waals surface area contributed by atoms with E-state index in [0.29, 0.717) is 32.1 Å². The van der Waals surface area contributed by atoms with Crippen LogP contribution in [0.3, 0.4) is 0 Å². The molecule has 0 aliphatic carbocycles. The highest BCUT2D eigenvalue weighted by Crippen LogP contribution is 2.25. The molecule has 0 spiro atoms. The lowest BCUT2D eigenvalue weighted by Gasteiger charge is -2.08. The predicted molar refractivity (Wildman–Crippen MR) is 131 cm³/mol. The van der Waals surface area contributed by atoms with Gasteiger partial charge >= 0.3 is 5.97 Å². The van der Waals surface area contributed by atoms with Gasteiger partial charge in [-0.3, -0.25) is 4.79 Å². The molecule has 0 heterocycles. The second-order valence-electron chi connectivity index (χ2n) is 8.68. The summed E-state index contributed by atoms with van der Waals surface area (Å²) in [5, 5.41) is 6.94. The summed E-state index contributed by atoms with van der Waals surface area (Å²) < 4.78 is 139. The van der Waals surface area contributed by atoms with Crippen LogP contribution in [0.2, 0.25) is 0 Å². The van der Waals surface area contributed by atoms with Crippen molar-refractivity contribution in [2.45, 2.75) is 58.2 Å². The molecule has 16 heteroatoms. The number of benzene rings is 2. The van der Waals surface area contributed by atoms with E-state index in [4.69, 9.17) is 4.84 Å². The highest BCUT2D eigenvalue weighted by Gasteiger charge is 2.27. The van der Waals surface area contributed by atoms with Crippen molar-refractivity contribution in [2.24, 2.45) is 10.3 Å². The third-order valence-corrected chi connectivity index (χ3v) is 5.75. The standard InChI is InChI=1S/C27H24F10N2O4/c1-41-17(40)10-6-4-2-3-5-8-14(39-43-13-16-20(30)24(34)27(37)25(35)21(16)31)9-7-11-38-42-12-15-18(28)22(32)26(36)23(33)19(15)29/h7,9,11H,2-6,8,10,12-13H2,1H3/b9-7+,38-11+,39-14-. The van der Waals surface area contributed by atoms with Gasteiger partial charge in [-0.25, -0.2) is 43.9 Å². The lowest BCUT2D eigenvalue weighted by atomic mass is 10.1. The molecular formula is C27H24F10N2O4. The van der Waals surface area contributed by atoms with Gasteiger partial charge < -0.3 is 14.4 Å². The van der Waals surface area contributed by atoms with Crippen LogP contribution in [0.4, 0.5) is 43.9 Å². The Balaban J connectivity index is 2.04. The fraction of sp³-hybridized carbons (Fsp3) is 0.370. The first-order chi connectivity index (χ1) is 20.4. The normalized spacial score (nSPS) is 12.0. The zero-order valence-electron chi connectivity index (χ0n) is 22.4. The highest BCUT2D eigenvalue weighted by molar-refractivity contribution is 5.97. The number of carbonyl (C=O) groups excluding carboxylic acids is 1. The van der Waals surface area contributed by atoms with E-state index >= 15 is 0 Å². The van der Waals surface area contributed by atoms with Crippen LogP contribution in [0.15, 0.2) is 22.5 Å². The summed E-state index contributed by atoms with van der Waals surface area (Å²) in [5.41, 5.74) is -2.41. The maximum absolute atomic E-state index is 13.9. The third kappa shape index (κ3) is 9.71. The number of unbranched alkanes of at least 4 members (excludes halogenated alkanes) is 4. The SMILES string of the molecule is COC(=O)CCCCCCCC(/C=C/C=N/OCc1c(F)c(F)c(F)c(F)c1F)=N/OCc1c(F)c(F)c(F)c(F)c1F. The van der Waals surface area contributed by atoms with Crippen LogP contribution in [-0.4, -0.2) is 25.0 Å². The second-order valence-corrected chi connectivity index (χ2v) is 8.68. The quantitative estimate of drug-likeness (QED) is 0.0364. The number of nitrogens with zero attached hydrogens (tertiary/aromatic N) is 2. The zero-order chi connectivity index (χ0) is 32.1. The van der Waals surface area contributed by atoms with Gasteiger partial charge in [-0.1, -0.05) is 29.6 Å². The molecule has 0 unspecified atom stereocenters. The number of halogens is 10. The smallest absolute Gasteiger partial charge is 0.305 e. The molecular weight excluding hydrogens is 606 g/mol. The number of hydrogen-bond acceptors (Lipinski definition) is 6. The van der Waals surface area contributed by atoms with Gasteiger partial charge in [0.1, 0.15) is 13.2 Å². The van der Waals surface area contributed by atoms with Gasteiger partial charge in [0.2, 0.25) is 11.6 Å². The Labute approximate surface area is 238 Å². The Kier molecular flexibility index (Phi) is 14.0. The zero-order valence-corrected chi connectivity index (χ0v) is 22.4. The van der Waals surface area contributed by atoms with Crippen LogP contribution in [0.1, 0.15) is 56.1 Å². The summed E-state index contributed by atoms with van der Waals surface area (Å²) in [6.07, 6.45) is 6.88. The summed E-state index contributed by atoms with van der Waals surface area (Å²) >= 11 is 0. The minimum atomic E-state index is -2.33. The molecule has 0 saturated heterocycles. The minimum absolute atomic E-state index is 0.102. The van der Waals surface area contributed by atoms with Crippen LogP contribution >= 0.6 is 0 Å². The largest absolute Gasteiger partial charge is 0.469 e. The Bertz CT molecular complexity index is 1320. The molecule has 0 aromatic heterocycles. The lowest BCUT2D eigenvalue weighted by Crippen LogP contribution is -2.08. The number of esters is 1. The van der Waals surface area contributed by atoms with Crippen LogP contribution in [0.25, 0.3) is 0 Å². The van der Waals surface area contributed by atoms with Gasteiger partial charge in [0.05, 0.1) is 30.2 Å². The fourth-order valence-electron chi connectivity index (χ4n) is 3.44. The van der Waals surface area contributed by atoms with Crippen molar-refractivity contribution in [3.8, 4) is 0 Å². The van der Waals surface area contributed by atoms with E-state index in [2.05, 4.69) is 19.9 Å². The summed E-state index contributed by atoms with van der Waals surface area (Å²) in [7, 11) is 1.27. The van der Waals surface area contributed by atoms with E-state index in [1.54, 1.807) is 0 Å². The third-order valence-electron chi connectivity index (χ3n) is 5.75. The molecule has 0 fully saturated rings. The first-order valence-electron chi connectivity index (χ1n) is 12.5. The van der Waals surface area contributed by atoms with E-state index in [-0.39, 0.29) is 24.5 Å². The molecule has 0 atom stereocenters. The van der Waals surface area contributed by atoms with Gasteiger partial charge in [0.15, 0.2) is 46.5 Å². The van der Waals surface area contributed by atoms with E-state index in [1.165, 1.54) is 13.2 Å². The second kappa shape index (κ2) is 17.1. The molecule has 0 saturated carbocycles. The fourth-order valence-corrected chi connectivity index (χ4v) is 3.44. The Morgan fingerprint density at radius 3 is 1.51 bits per heavy atom. The van der Waals surface area contributed by atoms with Crippen molar-refractivity contribution in [1.29, 1.82) is 0 Å². The molecule has 2 aromatic rings. The van der Waals surface area contributed by atoms with Gasteiger partial charge in [-0.2, -0.15) is 0 Å². The number of rotatable bonds is 16. The summed E-state index contributed by atoms with van der Waals surface area (Å²) in [5.74, 6) is -22.0. The van der Waals surface area contributed by atoms with Gasteiger partial charge in [-0.05, 0) is 31.4 Å². The van der Waals surface area contributed by atoms with E-state index in [1.807, 2.05) is 0 Å². The number of hydrogen-bond donors (Lipinski definition) is 0. The average molecular weight is 630 g/mol. The van der Waals surface area contributed by atoms with Crippen LogP contribution in [0.5, 0.6) is 0 Å². The molecule has 0 aliphatic rings. The maximum atomic E-state index is 13.9. The number of carbonyl (C=O) groups is 1. The summed E-state index contributed by atoms with van der Waals surface area (Å²) in [6.45, 7) is -2.23. The highest BCUT2D eigenvalue weighted by atomic mass is 19.2. The number of oxime groups is 2. The average Bonchev–Trinajstić information content (AvgIpc) is 3.00. The molecule has 236 valence electrons. The molecule has 0 bridgehead atoms. The first-order valence-corrected chi connectivity index (χ1v) is 12.5. The number of methoxy groups -OCH3 is 1. The Morgan fingerprint density at radius 2 is 1.02 bits per heavy atom. The maximum Gasteiger partial charge on any atom is 0.305 e. The first kappa shape index (κ1) is 35.1. The molecule has 0 aliphatic heterocycles. The molecule has 43 heavy (non-hydrogen) atoms. The number of allylic oxidation sites excluding steroid dienone is 2.